The van der Waals surface area contributed by atoms with Crippen molar-refractivity contribution in [2.24, 2.45) is 23.7 Å². The fourth-order valence-electron chi connectivity index (χ4n) is 5.03. The summed E-state index contributed by atoms with van der Waals surface area (Å²) in [6.45, 7) is 0. The predicted molar refractivity (Wildman–Crippen MR) is 67.9 cm³/mol. The van der Waals surface area contributed by atoms with Gasteiger partial charge in [0.25, 0.3) is 5.95 Å². The van der Waals surface area contributed by atoms with Crippen LogP contribution in [-0.2, 0) is 0 Å². The fourth-order valence-corrected chi connectivity index (χ4v) is 5.03. The first kappa shape index (κ1) is 10.6. The number of hydrogen-bond acceptors (Lipinski definition) is 5. The molecule has 5 heteroatoms. The largest absolute Gasteiger partial charge is 0.351 e. The zero-order valence-corrected chi connectivity index (χ0v) is 10.7. The Bertz CT molecular complexity index is 430. The summed E-state index contributed by atoms with van der Waals surface area (Å²) >= 11 is 0. The van der Waals surface area contributed by atoms with Crippen molar-refractivity contribution in [3.05, 3.63) is 0 Å². The van der Waals surface area contributed by atoms with Gasteiger partial charge in [-0.25, -0.2) is 0 Å². The predicted octanol–water partition coefficient (Wildman–Crippen LogP) is 1.91. The molecule has 1 aromatic rings. The SMILES string of the molecule is CN(c1noc(N)n1)C1C2CC3CC(C2)CC1C3. The van der Waals surface area contributed by atoms with Crippen LogP contribution >= 0.6 is 0 Å². The van der Waals surface area contributed by atoms with Gasteiger partial charge in [-0.3, -0.25) is 0 Å². The lowest BCUT2D eigenvalue weighted by atomic mass is 9.54. The van der Waals surface area contributed by atoms with Gasteiger partial charge in [0, 0.05) is 13.1 Å². The minimum Gasteiger partial charge on any atom is -0.351 e. The summed E-state index contributed by atoms with van der Waals surface area (Å²) < 4.78 is 4.90. The highest BCUT2D eigenvalue weighted by atomic mass is 16.5. The fraction of sp³-hybridized carbons (Fsp3) is 0.846. The van der Waals surface area contributed by atoms with Gasteiger partial charge in [-0.2, -0.15) is 4.98 Å². The van der Waals surface area contributed by atoms with Crippen LogP contribution in [0.2, 0.25) is 0 Å². The number of nitrogens with zero attached hydrogens (tertiary/aromatic N) is 3. The standard InChI is InChI=1S/C13H20N4O/c1-17(13-15-12(14)18-16-13)11-9-3-7-2-8(5-9)6-10(11)4-7/h7-11H,2-6H2,1H3,(H2,14,15,16). The van der Waals surface area contributed by atoms with Gasteiger partial charge < -0.3 is 15.2 Å². The topological polar surface area (TPSA) is 68.2 Å². The summed E-state index contributed by atoms with van der Waals surface area (Å²) in [5.41, 5.74) is 5.52. The first-order chi connectivity index (χ1) is 8.70. The summed E-state index contributed by atoms with van der Waals surface area (Å²) in [4.78, 5) is 6.38. The highest BCUT2D eigenvalue weighted by Crippen LogP contribution is 2.55. The van der Waals surface area contributed by atoms with E-state index in [1.807, 2.05) is 0 Å². The molecule has 0 aromatic carbocycles. The van der Waals surface area contributed by atoms with Crippen molar-refractivity contribution in [3.8, 4) is 0 Å². The van der Waals surface area contributed by atoms with Gasteiger partial charge in [0.2, 0.25) is 0 Å². The van der Waals surface area contributed by atoms with Crippen LogP contribution in [0.5, 0.6) is 0 Å². The van der Waals surface area contributed by atoms with Crippen LogP contribution in [0, 0.1) is 23.7 Å². The average molecular weight is 248 g/mol. The van der Waals surface area contributed by atoms with Crippen molar-refractivity contribution >= 4 is 12.0 Å². The van der Waals surface area contributed by atoms with Crippen LogP contribution in [-0.4, -0.2) is 23.2 Å². The van der Waals surface area contributed by atoms with Crippen molar-refractivity contribution in [2.45, 2.75) is 38.1 Å². The lowest BCUT2D eigenvalue weighted by molar-refractivity contribution is -0.00173. The van der Waals surface area contributed by atoms with Gasteiger partial charge in [-0.15, -0.1) is 0 Å². The second kappa shape index (κ2) is 3.62. The zero-order chi connectivity index (χ0) is 12.3. The maximum absolute atomic E-state index is 5.52. The third-order valence-electron chi connectivity index (χ3n) is 5.37. The molecule has 0 unspecified atom stereocenters. The summed E-state index contributed by atoms with van der Waals surface area (Å²) in [5.74, 6) is 4.29. The Morgan fingerprint density at radius 3 is 2.22 bits per heavy atom. The molecule has 4 fully saturated rings. The summed E-state index contributed by atoms with van der Waals surface area (Å²) in [7, 11) is 2.09. The third-order valence-corrected chi connectivity index (χ3v) is 5.37. The van der Waals surface area contributed by atoms with Gasteiger partial charge in [0.1, 0.15) is 0 Å². The Kier molecular flexibility index (Phi) is 2.14. The van der Waals surface area contributed by atoms with Crippen LogP contribution < -0.4 is 10.6 Å². The highest BCUT2D eigenvalue weighted by Gasteiger charge is 2.50. The van der Waals surface area contributed by atoms with Crippen LogP contribution in [0.25, 0.3) is 0 Å². The molecule has 5 nitrogen and oxygen atoms in total. The smallest absolute Gasteiger partial charge is 0.320 e. The van der Waals surface area contributed by atoms with Crippen LogP contribution in [0.4, 0.5) is 12.0 Å². The normalized spacial score (nSPS) is 41.3. The lowest BCUT2D eigenvalue weighted by Gasteiger charge is -2.56. The number of rotatable bonds is 2. The minimum absolute atomic E-state index is 0.167. The molecule has 0 radical (unpaired) electrons. The molecule has 4 aliphatic rings. The second-order valence-electron chi connectivity index (χ2n) is 6.46. The Labute approximate surface area is 107 Å². The Balaban J connectivity index is 1.61. The molecule has 1 heterocycles. The van der Waals surface area contributed by atoms with E-state index in [9.17, 15) is 0 Å². The third kappa shape index (κ3) is 1.45. The maximum atomic E-state index is 5.52. The molecule has 5 rings (SSSR count). The molecule has 2 N–H and O–H groups in total. The zero-order valence-electron chi connectivity index (χ0n) is 10.7. The molecule has 0 atom stereocenters. The van der Waals surface area contributed by atoms with Gasteiger partial charge in [0.15, 0.2) is 0 Å². The lowest BCUT2D eigenvalue weighted by Crippen LogP contribution is -2.55. The van der Waals surface area contributed by atoms with E-state index in [0.29, 0.717) is 12.0 Å². The molecule has 98 valence electrons. The summed E-state index contributed by atoms with van der Waals surface area (Å²) in [6.07, 6.45) is 7.08. The Morgan fingerprint density at radius 2 is 1.72 bits per heavy atom. The van der Waals surface area contributed by atoms with E-state index in [1.165, 1.54) is 32.1 Å². The molecule has 4 saturated carbocycles. The van der Waals surface area contributed by atoms with Crippen molar-refractivity contribution in [1.82, 2.24) is 10.1 Å². The van der Waals surface area contributed by atoms with E-state index >= 15 is 0 Å². The first-order valence-electron chi connectivity index (χ1n) is 7.02. The highest BCUT2D eigenvalue weighted by molar-refractivity contribution is 5.34. The van der Waals surface area contributed by atoms with Crippen LogP contribution in [0.15, 0.2) is 4.52 Å². The van der Waals surface area contributed by atoms with Gasteiger partial charge in [-0.1, -0.05) is 0 Å². The molecular weight excluding hydrogens is 228 g/mol. The molecule has 0 amide bonds. The monoisotopic (exact) mass is 248 g/mol. The van der Waals surface area contributed by atoms with E-state index in [1.54, 1.807) is 0 Å². The van der Waals surface area contributed by atoms with Gasteiger partial charge >= 0.3 is 6.01 Å². The number of nitrogen functional groups attached to an aromatic ring is 1. The molecular formula is C13H20N4O. The van der Waals surface area contributed by atoms with E-state index in [0.717, 1.165) is 23.7 Å². The summed E-state index contributed by atoms with van der Waals surface area (Å²) in [6, 6.07) is 0.760. The molecule has 18 heavy (non-hydrogen) atoms. The van der Waals surface area contributed by atoms with Crippen molar-refractivity contribution in [2.75, 3.05) is 17.7 Å². The number of hydrogen-bond donors (Lipinski definition) is 1. The van der Waals surface area contributed by atoms with E-state index in [2.05, 4.69) is 22.1 Å². The molecule has 4 bridgehead atoms. The maximum Gasteiger partial charge on any atom is 0.320 e. The van der Waals surface area contributed by atoms with E-state index in [4.69, 9.17) is 10.3 Å². The van der Waals surface area contributed by atoms with Gasteiger partial charge in [-0.05, 0) is 60.9 Å². The van der Waals surface area contributed by atoms with Crippen molar-refractivity contribution in [1.29, 1.82) is 0 Å². The Hall–Kier alpha value is -1.26. The van der Waals surface area contributed by atoms with Crippen molar-refractivity contribution < 1.29 is 4.52 Å². The number of anilines is 2. The number of nitrogens with two attached hydrogens (primary N) is 1. The quantitative estimate of drug-likeness (QED) is 0.866. The van der Waals surface area contributed by atoms with Crippen LogP contribution in [0.1, 0.15) is 32.1 Å². The molecule has 0 saturated heterocycles. The number of aromatic nitrogens is 2. The molecule has 0 aliphatic heterocycles. The Morgan fingerprint density at radius 1 is 1.11 bits per heavy atom. The van der Waals surface area contributed by atoms with E-state index < -0.39 is 0 Å². The molecule has 4 aliphatic carbocycles. The molecule has 0 spiro atoms. The molecule has 1 aromatic heterocycles. The van der Waals surface area contributed by atoms with Crippen molar-refractivity contribution in [3.63, 3.8) is 0 Å². The minimum atomic E-state index is 0.167. The van der Waals surface area contributed by atoms with Gasteiger partial charge in [0.05, 0.1) is 0 Å². The van der Waals surface area contributed by atoms with Crippen LogP contribution in [0.3, 0.4) is 0 Å². The van der Waals surface area contributed by atoms with E-state index in [-0.39, 0.29) is 6.01 Å². The second-order valence-corrected chi connectivity index (χ2v) is 6.46. The first-order valence-corrected chi connectivity index (χ1v) is 7.02. The average Bonchev–Trinajstić information content (AvgIpc) is 2.74. The summed E-state index contributed by atoms with van der Waals surface area (Å²) in [5, 5.41) is 3.96.